The van der Waals surface area contributed by atoms with Crippen LogP contribution in [0.15, 0.2) is 82.7 Å². The Labute approximate surface area is 193 Å². The molecule has 0 aliphatic rings. The van der Waals surface area contributed by atoms with Crippen molar-refractivity contribution in [2.24, 2.45) is 0 Å². The lowest BCUT2D eigenvalue weighted by molar-refractivity contribution is -0.115. The summed E-state index contributed by atoms with van der Waals surface area (Å²) in [7, 11) is 1.67. The number of carbonyl (C=O) groups excluding carboxylic acids is 1. The van der Waals surface area contributed by atoms with Crippen molar-refractivity contribution in [3.63, 3.8) is 0 Å². The largest absolute Gasteiger partial charge is 0.315 e. The molecular formula is C24H19ClFN3O2S. The van der Waals surface area contributed by atoms with Crippen LogP contribution in [0.25, 0.3) is 10.9 Å². The Morgan fingerprint density at radius 2 is 1.84 bits per heavy atom. The van der Waals surface area contributed by atoms with Gasteiger partial charge >= 0.3 is 0 Å². The molecule has 5 nitrogen and oxygen atoms in total. The predicted octanol–water partition coefficient (Wildman–Crippen LogP) is 4.99. The van der Waals surface area contributed by atoms with Crippen LogP contribution in [0.4, 0.5) is 10.1 Å². The van der Waals surface area contributed by atoms with E-state index in [-0.39, 0.29) is 29.6 Å². The highest BCUT2D eigenvalue weighted by Crippen LogP contribution is 2.22. The quantitative estimate of drug-likeness (QED) is 0.296. The number of carbonyl (C=O) groups is 1. The van der Waals surface area contributed by atoms with Crippen LogP contribution in [0.2, 0.25) is 5.02 Å². The Kier molecular flexibility index (Phi) is 6.58. The first-order valence-electron chi connectivity index (χ1n) is 9.81. The van der Waals surface area contributed by atoms with Crippen LogP contribution in [-0.2, 0) is 11.3 Å². The molecule has 4 aromatic rings. The van der Waals surface area contributed by atoms with Crippen LogP contribution in [-0.4, -0.2) is 28.3 Å². The summed E-state index contributed by atoms with van der Waals surface area (Å²) in [4.78, 5) is 32.1. The number of para-hydroxylation sites is 1. The van der Waals surface area contributed by atoms with Crippen LogP contribution in [0, 0.1) is 5.82 Å². The second-order valence-corrected chi connectivity index (χ2v) is 8.53. The average molecular weight is 468 g/mol. The van der Waals surface area contributed by atoms with Crippen LogP contribution in [0.3, 0.4) is 0 Å². The number of fused-ring (bicyclic) bond motifs is 1. The summed E-state index contributed by atoms with van der Waals surface area (Å²) in [6, 6.07) is 20.1. The van der Waals surface area contributed by atoms with Gasteiger partial charge in [-0.3, -0.25) is 14.2 Å². The lowest BCUT2D eigenvalue weighted by Crippen LogP contribution is -2.29. The number of hydrogen-bond donors (Lipinski definition) is 0. The summed E-state index contributed by atoms with van der Waals surface area (Å²) in [5.41, 5.74) is 1.79. The molecule has 162 valence electrons. The zero-order valence-corrected chi connectivity index (χ0v) is 18.7. The molecule has 0 aliphatic carbocycles. The normalized spacial score (nSPS) is 11.0. The maximum Gasteiger partial charge on any atom is 0.262 e. The molecule has 0 aliphatic heterocycles. The molecule has 3 aromatic carbocycles. The topological polar surface area (TPSA) is 55.2 Å². The second kappa shape index (κ2) is 9.54. The Bertz CT molecular complexity index is 1340. The number of benzene rings is 3. The van der Waals surface area contributed by atoms with Gasteiger partial charge in [0.15, 0.2) is 5.16 Å². The van der Waals surface area contributed by atoms with Gasteiger partial charge in [-0.2, -0.15) is 0 Å². The minimum absolute atomic E-state index is 0.0806. The van der Waals surface area contributed by atoms with Crippen molar-refractivity contribution in [1.82, 2.24) is 9.55 Å². The molecule has 1 heterocycles. The van der Waals surface area contributed by atoms with Crippen molar-refractivity contribution in [1.29, 1.82) is 0 Å². The molecule has 0 saturated heterocycles. The van der Waals surface area contributed by atoms with E-state index in [2.05, 4.69) is 4.98 Å². The Balaban J connectivity index is 1.64. The number of aromatic nitrogens is 2. The van der Waals surface area contributed by atoms with Crippen molar-refractivity contribution in [2.45, 2.75) is 11.7 Å². The molecule has 0 unspecified atom stereocenters. The molecule has 8 heteroatoms. The first-order valence-corrected chi connectivity index (χ1v) is 11.2. The van der Waals surface area contributed by atoms with Crippen LogP contribution in [0.5, 0.6) is 0 Å². The number of halogens is 2. The van der Waals surface area contributed by atoms with Gasteiger partial charge in [-0.15, -0.1) is 0 Å². The van der Waals surface area contributed by atoms with Crippen LogP contribution >= 0.6 is 23.4 Å². The van der Waals surface area contributed by atoms with E-state index < -0.39 is 0 Å². The van der Waals surface area contributed by atoms with E-state index in [1.807, 2.05) is 6.07 Å². The van der Waals surface area contributed by atoms with Gasteiger partial charge in [0.05, 0.1) is 23.2 Å². The monoisotopic (exact) mass is 467 g/mol. The molecule has 1 aromatic heterocycles. The fourth-order valence-corrected chi connectivity index (χ4v) is 4.32. The minimum Gasteiger partial charge on any atom is -0.315 e. The molecule has 0 bridgehead atoms. The summed E-state index contributed by atoms with van der Waals surface area (Å²) in [6.07, 6.45) is 0. The van der Waals surface area contributed by atoms with E-state index in [4.69, 9.17) is 11.6 Å². The first-order chi connectivity index (χ1) is 15.4. The summed E-state index contributed by atoms with van der Waals surface area (Å²) >= 11 is 7.22. The van der Waals surface area contributed by atoms with E-state index in [0.29, 0.717) is 26.8 Å². The van der Waals surface area contributed by atoms with Gasteiger partial charge in [0, 0.05) is 17.8 Å². The van der Waals surface area contributed by atoms with Crippen molar-refractivity contribution in [3.8, 4) is 0 Å². The summed E-state index contributed by atoms with van der Waals surface area (Å²) in [5, 5.41) is 1.45. The van der Waals surface area contributed by atoms with Crippen LogP contribution in [0.1, 0.15) is 5.56 Å². The van der Waals surface area contributed by atoms with E-state index >= 15 is 0 Å². The minimum atomic E-state index is -0.345. The molecule has 1 amide bonds. The van der Waals surface area contributed by atoms with Crippen LogP contribution < -0.4 is 10.5 Å². The fourth-order valence-electron chi connectivity index (χ4n) is 3.22. The van der Waals surface area contributed by atoms with Gasteiger partial charge in [0.2, 0.25) is 5.91 Å². The van der Waals surface area contributed by atoms with E-state index in [1.54, 1.807) is 61.6 Å². The van der Waals surface area contributed by atoms with Crippen molar-refractivity contribution in [3.05, 3.63) is 99.6 Å². The zero-order chi connectivity index (χ0) is 22.7. The Morgan fingerprint density at radius 1 is 1.09 bits per heavy atom. The van der Waals surface area contributed by atoms with Gasteiger partial charge in [-0.25, -0.2) is 9.37 Å². The van der Waals surface area contributed by atoms with E-state index in [0.717, 1.165) is 5.56 Å². The van der Waals surface area contributed by atoms with E-state index in [1.165, 1.54) is 33.4 Å². The first kappa shape index (κ1) is 22.0. The molecule has 0 atom stereocenters. The summed E-state index contributed by atoms with van der Waals surface area (Å²) in [5.74, 6) is -0.424. The van der Waals surface area contributed by atoms with Crippen molar-refractivity contribution < 1.29 is 9.18 Å². The third-order valence-electron chi connectivity index (χ3n) is 4.97. The molecule has 0 fully saturated rings. The van der Waals surface area contributed by atoms with Gasteiger partial charge in [0.1, 0.15) is 5.82 Å². The summed E-state index contributed by atoms with van der Waals surface area (Å²) < 4.78 is 14.8. The number of hydrogen-bond acceptors (Lipinski definition) is 4. The van der Waals surface area contributed by atoms with Gasteiger partial charge in [0.25, 0.3) is 5.56 Å². The SMILES string of the molecule is CN(C(=O)CSc1nc2ccccc2c(=O)n1Cc1ccc(F)cc1)c1cccc(Cl)c1. The Morgan fingerprint density at radius 3 is 2.59 bits per heavy atom. The predicted molar refractivity (Wildman–Crippen MR) is 127 cm³/mol. The molecule has 0 saturated carbocycles. The Hall–Kier alpha value is -3.16. The number of thioether (sulfide) groups is 1. The second-order valence-electron chi connectivity index (χ2n) is 7.15. The van der Waals surface area contributed by atoms with Crippen molar-refractivity contribution in [2.75, 3.05) is 17.7 Å². The standard InChI is InChI=1S/C24H19ClFN3O2S/c1-28(19-6-4-5-17(25)13-19)22(30)15-32-24-27-21-8-3-2-7-20(21)23(31)29(24)14-16-9-11-18(26)12-10-16/h2-13H,14-15H2,1H3. The molecule has 32 heavy (non-hydrogen) atoms. The fraction of sp³-hybridized carbons (Fsp3) is 0.125. The highest BCUT2D eigenvalue weighted by atomic mass is 35.5. The molecule has 0 radical (unpaired) electrons. The molecule has 0 spiro atoms. The lowest BCUT2D eigenvalue weighted by Gasteiger charge is -2.18. The summed E-state index contributed by atoms with van der Waals surface area (Å²) in [6.45, 7) is 0.220. The van der Waals surface area contributed by atoms with Gasteiger partial charge in [-0.05, 0) is 48.0 Å². The number of amides is 1. The number of rotatable bonds is 6. The smallest absolute Gasteiger partial charge is 0.262 e. The number of anilines is 1. The average Bonchev–Trinajstić information content (AvgIpc) is 2.80. The van der Waals surface area contributed by atoms with E-state index in [9.17, 15) is 14.0 Å². The highest BCUT2D eigenvalue weighted by Gasteiger charge is 2.16. The highest BCUT2D eigenvalue weighted by molar-refractivity contribution is 7.99. The maximum absolute atomic E-state index is 13.3. The lowest BCUT2D eigenvalue weighted by atomic mass is 10.2. The third-order valence-corrected chi connectivity index (χ3v) is 6.17. The zero-order valence-electron chi connectivity index (χ0n) is 17.2. The molecule has 0 N–H and O–H groups in total. The molecular weight excluding hydrogens is 449 g/mol. The third kappa shape index (κ3) is 4.84. The van der Waals surface area contributed by atoms with Gasteiger partial charge in [-0.1, -0.05) is 53.7 Å². The molecule has 4 rings (SSSR count). The number of nitrogens with zero attached hydrogens (tertiary/aromatic N) is 3. The van der Waals surface area contributed by atoms with Gasteiger partial charge < -0.3 is 4.90 Å². The van der Waals surface area contributed by atoms with Crippen molar-refractivity contribution >= 4 is 45.9 Å². The maximum atomic E-state index is 13.3.